The predicted octanol–water partition coefficient (Wildman–Crippen LogP) is 2.01. The summed E-state index contributed by atoms with van der Waals surface area (Å²) in [5.41, 5.74) is 7.39. The van der Waals surface area contributed by atoms with Gasteiger partial charge < -0.3 is 15.9 Å². The molecule has 4 nitrogen and oxygen atoms in total. The van der Waals surface area contributed by atoms with Crippen molar-refractivity contribution in [2.75, 3.05) is 0 Å². The highest BCUT2D eigenvalue weighted by atomic mass is 16.2. The van der Waals surface area contributed by atoms with Crippen LogP contribution in [-0.4, -0.2) is 16.1 Å². The van der Waals surface area contributed by atoms with Gasteiger partial charge in [-0.1, -0.05) is 12.1 Å². The molecule has 0 saturated heterocycles. The zero-order valence-electron chi connectivity index (χ0n) is 9.34. The maximum Gasteiger partial charge on any atom is 0.248 e. The first-order valence-electron chi connectivity index (χ1n) is 5.19. The average Bonchev–Trinajstić information content (AvgIpc) is 2.33. The summed E-state index contributed by atoms with van der Waals surface area (Å²) >= 11 is 0. The van der Waals surface area contributed by atoms with E-state index in [4.69, 9.17) is 15.9 Å². The largest absolute Gasteiger partial charge is 0.516 e. The maximum absolute atomic E-state index is 11.3. The standard InChI is InChI=1S/C13H15NO3/c14-13(17)12-6-1-4-10(5-2-8-15)11(12)7-3-9-16/h1-4,6,8-9,15-16H,5,7H2,(H2,14,17). The second-order valence-corrected chi connectivity index (χ2v) is 3.49. The number of hydrogen-bond donors (Lipinski definition) is 3. The van der Waals surface area contributed by atoms with Crippen molar-refractivity contribution in [3.8, 4) is 0 Å². The summed E-state index contributed by atoms with van der Waals surface area (Å²) in [7, 11) is 0. The third kappa shape index (κ3) is 3.38. The quantitative estimate of drug-likeness (QED) is 0.680. The highest BCUT2D eigenvalue weighted by Gasteiger charge is 2.10. The van der Waals surface area contributed by atoms with Gasteiger partial charge in [0.25, 0.3) is 0 Å². The molecule has 0 aliphatic heterocycles. The molecule has 90 valence electrons. The summed E-state index contributed by atoms with van der Waals surface area (Å²) in [6.07, 6.45) is 5.93. The van der Waals surface area contributed by atoms with Gasteiger partial charge in [-0.15, -0.1) is 0 Å². The van der Waals surface area contributed by atoms with Gasteiger partial charge in [0.2, 0.25) is 5.91 Å². The molecule has 0 radical (unpaired) electrons. The van der Waals surface area contributed by atoms with Crippen LogP contribution in [0.2, 0.25) is 0 Å². The van der Waals surface area contributed by atoms with E-state index < -0.39 is 5.91 Å². The topological polar surface area (TPSA) is 83.6 Å². The van der Waals surface area contributed by atoms with Crippen LogP contribution in [-0.2, 0) is 12.8 Å². The minimum Gasteiger partial charge on any atom is -0.516 e. The molecule has 0 spiro atoms. The minimum atomic E-state index is -0.499. The Morgan fingerprint density at radius 3 is 2.41 bits per heavy atom. The van der Waals surface area contributed by atoms with Crippen LogP contribution in [0.3, 0.4) is 0 Å². The van der Waals surface area contributed by atoms with Gasteiger partial charge in [0, 0.05) is 5.56 Å². The zero-order valence-corrected chi connectivity index (χ0v) is 9.34. The number of benzene rings is 1. The Hall–Kier alpha value is -2.23. The molecule has 0 aliphatic rings. The summed E-state index contributed by atoms with van der Waals surface area (Å²) < 4.78 is 0. The van der Waals surface area contributed by atoms with Gasteiger partial charge in [-0.05, 0) is 42.2 Å². The van der Waals surface area contributed by atoms with Crippen molar-refractivity contribution >= 4 is 5.91 Å². The lowest BCUT2D eigenvalue weighted by atomic mass is 9.96. The van der Waals surface area contributed by atoms with Crippen LogP contribution in [0.15, 0.2) is 42.9 Å². The number of hydrogen-bond acceptors (Lipinski definition) is 3. The summed E-state index contributed by atoms with van der Waals surface area (Å²) in [5, 5.41) is 17.3. The van der Waals surface area contributed by atoms with Crippen LogP contribution >= 0.6 is 0 Å². The molecular weight excluding hydrogens is 218 g/mol. The average molecular weight is 233 g/mol. The van der Waals surface area contributed by atoms with E-state index in [2.05, 4.69) is 0 Å². The fourth-order valence-electron chi connectivity index (χ4n) is 1.65. The molecule has 4 heteroatoms. The van der Waals surface area contributed by atoms with Gasteiger partial charge in [0.15, 0.2) is 0 Å². The Morgan fingerprint density at radius 2 is 1.82 bits per heavy atom. The van der Waals surface area contributed by atoms with Gasteiger partial charge in [-0.3, -0.25) is 4.79 Å². The Morgan fingerprint density at radius 1 is 1.18 bits per heavy atom. The van der Waals surface area contributed by atoms with E-state index in [0.717, 1.165) is 23.7 Å². The number of allylic oxidation sites excluding steroid dienone is 2. The number of carbonyl (C=O) groups is 1. The second-order valence-electron chi connectivity index (χ2n) is 3.49. The van der Waals surface area contributed by atoms with E-state index in [-0.39, 0.29) is 0 Å². The summed E-state index contributed by atoms with van der Waals surface area (Å²) in [5.74, 6) is -0.499. The Bertz CT molecular complexity index is 450. The lowest BCUT2D eigenvalue weighted by Gasteiger charge is -2.09. The third-order valence-corrected chi connectivity index (χ3v) is 2.41. The molecular formula is C13H15NO3. The van der Waals surface area contributed by atoms with Crippen molar-refractivity contribution in [1.82, 2.24) is 0 Å². The van der Waals surface area contributed by atoms with E-state index in [1.807, 2.05) is 6.07 Å². The summed E-state index contributed by atoms with van der Waals surface area (Å²) in [4.78, 5) is 11.3. The summed E-state index contributed by atoms with van der Waals surface area (Å²) in [6.45, 7) is 0. The van der Waals surface area contributed by atoms with Crippen LogP contribution in [0.5, 0.6) is 0 Å². The molecule has 0 unspecified atom stereocenters. The van der Waals surface area contributed by atoms with Crippen molar-refractivity contribution in [3.05, 3.63) is 59.6 Å². The highest BCUT2D eigenvalue weighted by molar-refractivity contribution is 5.94. The number of aliphatic hydroxyl groups is 2. The van der Waals surface area contributed by atoms with E-state index >= 15 is 0 Å². The van der Waals surface area contributed by atoms with Crippen LogP contribution in [0.25, 0.3) is 0 Å². The molecule has 17 heavy (non-hydrogen) atoms. The Balaban J connectivity index is 3.18. The van der Waals surface area contributed by atoms with Gasteiger partial charge in [0.05, 0.1) is 12.5 Å². The van der Waals surface area contributed by atoms with Crippen LogP contribution in [0, 0.1) is 0 Å². The molecule has 1 rings (SSSR count). The minimum absolute atomic E-state index is 0.421. The first kappa shape index (κ1) is 12.8. The van der Waals surface area contributed by atoms with Crippen molar-refractivity contribution in [1.29, 1.82) is 0 Å². The third-order valence-electron chi connectivity index (χ3n) is 2.41. The SMILES string of the molecule is NC(=O)c1cccc(CC=CO)c1CC=CO. The van der Waals surface area contributed by atoms with Crippen molar-refractivity contribution < 1.29 is 15.0 Å². The normalized spacial score (nSPS) is 11.3. The van der Waals surface area contributed by atoms with Crippen LogP contribution in [0.4, 0.5) is 0 Å². The monoisotopic (exact) mass is 233 g/mol. The number of nitrogens with two attached hydrogens (primary N) is 1. The van der Waals surface area contributed by atoms with Crippen molar-refractivity contribution in [2.24, 2.45) is 5.73 Å². The smallest absolute Gasteiger partial charge is 0.248 e. The number of amides is 1. The molecule has 0 heterocycles. The van der Waals surface area contributed by atoms with Crippen molar-refractivity contribution in [3.63, 3.8) is 0 Å². The fraction of sp³-hybridized carbons (Fsp3) is 0.154. The Labute approximate surface area is 99.7 Å². The number of rotatable bonds is 5. The number of carbonyl (C=O) groups excluding carboxylic acids is 1. The van der Waals surface area contributed by atoms with Gasteiger partial charge in [0.1, 0.15) is 0 Å². The van der Waals surface area contributed by atoms with Gasteiger partial charge >= 0.3 is 0 Å². The first-order chi connectivity index (χ1) is 8.20. The Kier molecular flexibility index (Phi) is 4.81. The molecule has 0 aromatic heterocycles. The van der Waals surface area contributed by atoms with Gasteiger partial charge in [-0.2, -0.15) is 0 Å². The summed E-state index contributed by atoms with van der Waals surface area (Å²) in [6, 6.07) is 5.24. The molecule has 0 aliphatic carbocycles. The lowest BCUT2D eigenvalue weighted by molar-refractivity contribution is 0.0999. The molecule has 0 bridgehead atoms. The fourth-order valence-corrected chi connectivity index (χ4v) is 1.65. The molecule has 0 saturated carbocycles. The van der Waals surface area contributed by atoms with E-state index in [0.29, 0.717) is 18.4 Å². The lowest BCUT2D eigenvalue weighted by Crippen LogP contribution is -2.14. The molecule has 1 amide bonds. The van der Waals surface area contributed by atoms with E-state index in [1.54, 1.807) is 18.2 Å². The number of aliphatic hydroxyl groups excluding tert-OH is 2. The highest BCUT2D eigenvalue weighted by Crippen LogP contribution is 2.17. The second kappa shape index (κ2) is 6.37. The predicted molar refractivity (Wildman–Crippen MR) is 65.9 cm³/mol. The molecule has 1 aromatic rings. The zero-order chi connectivity index (χ0) is 12.7. The van der Waals surface area contributed by atoms with E-state index in [9.17, 15) is 4.79 Å². The molecule has 0 fully saturated rings. The molecule has 0 atom stereocenters. The number of primary amides is 1. The van der Waals surface area contributed by atoms with Gasteiger partial charge in [-0.25, -0.2) is 0 Å². The van der Waals surface area contributed by atoms with Crippen molar-refractivity contribution in [2.45, 2.75) is 12.8 Å². The molecule has 4 N–H and O–H groups in total. The maximum atomic E-state index is 11.3. The van der Waals surface area contributed by atoms with Crippen LogP contribution in [0.1, 0.15) is 21.5 Å². The van der Waals surface area contributed by atoms with Crippen LogP contribution < -0.4 is 5.73 Å². The molecule has 1 aromatic carbocycles. The van der Waals surface area contributed by atoms with E-state index in [1.165, 1.54) is 6.08 Å². The first-order valence-corrected chi connectivity index (χ1v) is 5.19.